The lowest BCUT2D eigenvalue weighted by atomic mass is 9.52. The molecule has 298 valence electrons. The summed E-state index contributed by atoms with van der Waals surface area (Å²) in [5, 5.41) is 14.7. The van der Waals surface area contributed by atoms with E-state index in [0.717, 1.165) is 56.1 Å². The maximum atomic E-state index is 14.1. The highest BCUT2D eigenvalue weighted by Crippen LogP contribution is 2.61. The van der Waals surface area contributed by atoms with E-state index in [1.54, 1.807) is 24.3 Å². The Balaban J connectivity index is 0.920. The van der Waals surface area contributed by atoms with Crippen molar-refractivity contribution in [3.63, 3.8) is 0 Å². The number of aliphatic hydroxyl groups is 1. The van der Waals surface area contributed by atoms with Crippen molar-refractivity contribution in [2.24, 2.45) is 29.1 Å². The van der Waals surface area contributed by atoms with Gasteiger partial charge in [0.2, 0.25) is 5.91 Å². The second-order valence-electron chi connectivity index (χ2n) is 18.4. The van der Waals surface area contributed by atoms with E-state index in [-0.39, 0.29) is 43.5 Å². The van der Waals surface area contributed by atoms with E-state index in [1.807, 2.05) is 24.3 Å². The number of hydrogen-bond acceptors (Lipinski definition) is 8. The van der Waals surface area contributed by atoms with Gasteiger partial charge in [-0.3, -0.25) is 9.59 Å². The number of ether oxygens (including phenoxy) is 4. The summed E-state index contributed by atoms with van der Waals surface area (Å²) in [6.07, 6.45) is 12.7. The average molecular weight is 765 g/mol. The molecule has 2 amide bonds. The summed E-state index contributed by atoms with van der Waals surface area (Å²) in [7, 11) is 0. The normalized spacial score (nSPS) is 33.2. The summed E-state index contributed by atoms with van der Waals surface area (Å²) in [5.74, 6) is 0.0957. The Labute approximate surface area is 329 Å². The predicted octanol–water partition coefficient (Wildman–Crippen LogP) is 6.66. The lowest BCUT2D eigenvalue weighted by Gasteiger charge is -2.53. The average Bonchev–Trinajstić information content (AvgIpc) is 4.10. The number of fused-ring (bicyclic) bond motifs is 3. The number of aliphatic hydroxyl groups excluding tert-OH is 1. The number of amides is 2. The number of hydrogen-bond donors (Lipinski definition) is 3. The van der Waals surface area contributed by atoms with Crippen molar-refractivity contribution in [1.29, 1.82) is 0 Å². The first kappa shape index (κ1) is 37.7. The molecule has 0 bridgehead atoms. The number of carbonyl (C=O) groups is 3. The van der Waals surface area contributed by atoms with Gasteiger partial charge in [0.15, 0.2) is 5.79 Å². The lowest BCUT2D eigenvalue weighted by molar-refractivity contribution is -0.209. The molecule has 7 aliphatic rings. The van der Waals surface area contributed by atoms with Crippen molar-refractivity contribution in [2.75, 3.05) is 13.2 Å². The van der Waals surface area contributed by atoms with E-state index in [4.69, 9.17) is 24.1 Å². The Bertz CT molecular complexity index is 1930. The molecule has 2 heterocycles. The molecule has 10 heteroatoms. The van der Waals surface area contributed by atoms with Crippen LogP contribution in [0.5, 0.6) is 0 Å². The summed E-state index contributed by atoms with van der Waals surface area (Å²) >= 11 is 0. The molecule has 3 N–H and O–H groups in total. The summed E-state index contributed by atoms with van der Waals surface area (Å²) in [5.41, 5.74) is 4.96. The number of allylic oxidation sites excluding steroid dienone is 1. The van der Waals surface area contributed by atoms with E-state index in [9.17, 15) is 14.4 Å². The van der Waals surface area contributed by atoms with Gasteiger partial charge in [0.05, 0.1) is 23.9 Å². The molecule has 56 heavy (non-hydrogen) atoms. The van der Waals surface area contributed by atoms with Crippen LogP contribution in [0.15, 0.2) is 65.8 Å². The second-order valence-corrected chi connectivity index (χ2v) is 18.4. The van der Waals surface area contributed by atoms with Crippen LogP contribution in [-0.2, 0) is 30.3 Å². The van der Waals surface area contributed by atoms with Gasteiger partial charge in [-0.25, -0.2) is 4.79 Å². The third-order valence-corrected chi connectivity index (χ3v) is 13.9. The zero-order valence-electron chi connectivity index (χ0n) is 32.9. The molecule has 0 aromatic heterocycles. The van der Waals surface area contributed by atoms with Crippen molar-refractivity contribution < 1.29 is 38.4 Å². The Kier molecular flexibility index (Phi) is 9.79. The first-order valence-corrected chi connectivity index (χ1v) is 21.0. The van der Waals surface area contributed by atoms with Crippen LogP contribution in [-0.4, -0.2) is 71.8 Å². The summed E-state index contributed by atoms with van der Waals surface area (Å²) in [6.45, 7) is 7.29. The van der Waals surface area contributed by atoms with E-state index < -0.39 is 30.1 Å². The van der Waals surface area contributed by atoms with Crippen molar-refractivity contribution in [2.45, 2.75) is 127 Å². The molecule has 5 aliphatic carbocycles. The number of rotatable bonds is 11. The molecule has 6 fully saturated rings. The standard InChI is InChI=1S/C46H56N2O8/c1-44(2)25-35-29(10-15-39-45(3,55-39)17-16-36(35)44)20-27-6-4-9-31(21-27)43(52)53-37-23-32(24-38-40(37)56-46(54-38,33-11-12-33)34-13-14-34)42(51)48-26-28-7-5-8-30(22-28)41(50)47-18-19-49/h4-9,20-22,24,33-40,49H,10-19,23,25-26H2,1-3H3,(H,47,50)(H,48,51). The van der Waals surface area contributed by atoms with Crippen molar-refractivity contribution in [1.82, 2.24) is 10.6 Å². The van der Waals surface area contributed by atoms with Crippen LogP contribution in [0.25, 0.3) is 6.08 Å². The molecule has 4 saturated carbocycles. The lowest BCUT2D eigenvalue weighted by Crippen LogP contribution is -2.45. The first-order valence-electron chi connectivity index (χ1n) is 21.0. The van der Waals surface area contributed by atoms with Crippen LogP contribution in [0.3, 0.4) is 0 Å². The van der Waals surface area contributed by atoms with Crippen molar-refractivity contribution in [3.8, 4) is 0 Å². The van der Waals surface area contributed by atoms with Gasteiger partial charge in [0.1, 0.15) is 18.3 Å². The first-order chi connectivity index (χ1) is 26.9. The fourth-order valence-corrected chi connectivity index (χ4v) is 10.3. The Morgan fingerprint density at radius 3 is 2.41 bits per heavy atom. The highest BCUT2D eigenvalue weighted by Gasteiger charge is 2.64. The van der Waals surface area contributed by atoms with Gasteiger partial charge in [-0.15, -0.1) is 0 Å². The van der Waals surface area contributed by atoms with Crippen LogP contribution in [0.4, 0.5) is 0 Å². The highest BCUT2D eigenvalue weighted by molar-refractivity contribution is 5.95. The number of benzene rings is 2. The van der Waals surface area contributed by atoms with E-state index in [0.29, 0.717) is 51.9 Å². The molecule has 2 aromatic carbocycles. The molecule has 7 atom stereocenters. The third-order valence-electron chi connectivity index (χ3n) is 13.9. The SMILES string of the molecule is CC1(C)CC2C(=Cc3cccc(C(=O)OC4CC(C(=O)NCc5cccc(C(=O)NCCO)c5)=CC5OC(C6CC6)(C6CC6)OC54)c3)CCC3OC3(C)CCC21. The highest BCUT2D eigenvalue weighted by atomic mass is 16.8. The zero-order chi connectivity index (χ0) is 38.8. The van der Waals surface area contributed by atoms with Crippen LogP contribution in [0.1, 0.15) is 117 Å². The summed E-state index contributed by atoms with van der Waals surface area (Å²) in [6, 6.07) is 14.8. The van der Waals surface area contributed by atoms with E-state index in [1.165, 1.54) is 18.4 Å². The summed E-state index contributed by atoms with van der Waals surface area (Å²) < 4.78 is 26.1. The quantitative estimate of drug-likeness (QED) is 0.171. The van der Waals surface area contributed by atoms with E-state index >= 15 is 0 Å². The Hall–Kier alpha value is -3.83. The molecular formula is C46H56N2O8. The molecule has 0 radical (unpaired) electrons. The molecule has 2 saturated heterocycles. The molecular weight excluding hydrogens is 709 g/mol. The maximum absolute atomic E-state index is 14.1. The molecule has 9 rings (SSSR count). The van der Waals surface area contributed by atoms with Crippen LogP contribution >= 0.6 is 0 Å². The zero-order valence-corrected chi connectivity index (χ0v) is 32.9. The van der Waals surface area contributed by atoms with E-state index in [2.05, 4.69) is 43.5 Å². The molecule has 2 aliphatic heterocycles. The maximum Gasteiger partial charge on any atom is 0.338 e. The third kappa shape index (κ3) is 7.38. The van der Waals surface area contributed by atoms with Gasteiger partial charge >= 0.3 is 5.97 Å². The van der Waals surface area contributed by atoms with Crippen molar-refractivity contribution >= 4 is 23.9 Å². The minimum Gasteiger partial charge on any atom is -0.456 e. The van der Waals surface area contributed by atoms with Crippen LogP contribution in [0.2, 0.25) is 0 Å². The fourth-order valence-electron chi connectivity index (χ4n) is 10.3. The number of carbonyl (C=O) groups excluding carboxylic acids is 3. The predicted molar refractivity (Wildman–Crippen MR) is 209 cm³/mol. The van der Waals surface area contributed by atoms with Crippen LogP contribution < -0.4 is 10.6 Å². The van der Waals surface area contributed by atoms with Gasteiger partial charge in [0.25, 0.3) is 5.91 Å². The van der Waals surface area contributed by atoms with Crippen molar-refractivity contribution in [3.05, 3.63) is 88.0 Å². The summed E-state index contributed by atoms with van der Waals surface area (Å²) in [4.78, 5) is 40.3. The number of nitrogens with one attached hydrogen (secondary N) is 2. The monoisotopic (exact) mass is 764 g/mol. The van der Waals surface area contributed by atoms with Gasteiger partial charge in [-0.05, 0) is 123 Å². The molecule has 2 aromatic rings. The largest absolute Gasteiger partial charge is 0.456 e. The van der Waals surface area contributed by atoms with Gasteiger partial charge in [0, 0.05) is 42.5 Å². The smallest absolute Gasteiger partial charge is 0.338 e. The van der Waals surface area contributed by atoms with Gasteiger partial charge in [-0.1, -0.05) is 49.8 Å². The Morgan fingerprint density at radius 1 is 0.893 bits per heavy atom. The van der Waals surface area contributed by atoms with Gasteiger partial charge < -0.3 is 34.7 Å². The molecule has 10 nitrogen and oxygen atoms in total. The number of esters is 1. The molecule has 7 unspecified atom stereocenters. The molecule has 0 spiro atoms. The topological polar surface area (TPSA) is 136 Å². The fraction of sp³-hybridized carbons (Fsp3) is 0.587. The van der Waals surface area contributed by atoms with Crippen LogP contribution in [0, 0.1) is 29.1 Å². The minimum absolute atomic E-state index is 0.0286. The Morgan fingerprint density at radius 2 is 1.66 bits per heavy atom. The minimum atomic E-state index is -0.710. The second kappa shape index (κ2) is 14.5. The van der Waals surface area contributed by atoms with Gasteiger partial charge in [-0.2, -0.15) is 0 Å². The number of epoxide rings is 1.